The van der Waals surface area contributed by atoms with Gasteiger partial charge in [-0.25, -0.2) is 4.79 Å². The van der Waals surface area contributed by atoms with E-state index in [-0.39, 0.29) is 24.6 Å². The first-order valence-corrected chi connectivity index (χ1v) is 6.96. The summed E-state index contributed by atoms with van der Waals surface area (Å²) in [5, 5.41) is 21.1. The molecule has 3 aliphatic carbocycles. The third kappa shape index (κ3) is 1.40. The van der Waals surface area contributed by atoms with Crippen molar-refractivity contribution in [1.29, 1.82) is 0 Å². The van der Waals surface area contributed by atoms with Gasteiger partial charge in [-0.2, -0.15) is 0 Å². The average Bonchev–Trinajstić information content (AvgIpc) is 3.14. The lowest BCUT2D eigenvalue weighted by molar-refractivity contribution is -0.147. The van der Waals surface area contributed by atoms with Crippen LogP contribution in [0.3, 0.4) is 0 Å². The van der Waals surface area contributed by atoms with Gasteiger partial charge in [0.25, 0.3) is 0 Å². The van der Waals surface area contributed by atoms with Crippen molar-refractivity contribution in [3.05, 3.63) is 0 Å². The van der Waals surface area contributed by atoms with Crippen molar-refractivity contribution < 1.29 is 19.8 Å². The summed E-state index contributed by atoms with van der Waals surface area (Å²) in [7, 11) is 0. The van der Waals surface area contributed by atoms with Gasteiger partial charge in [0, 0.05) is 25.7 Å². The van der Waals surface area contributed by atoms with E-state index in [1.165, 1.54) is 0 Å². The Morgan fingerprint density at radius 2 is 1.95 bits per heavy atom. The van der Waals surface area contributed by atoms with Crippen molar-refractivity contribution in [2.24, 2.45) is 29.1 Å². The van der Waals surface area contributed by atoms with Crippen LogP contribution in [0.15, 0.2) is 0 Å². The summed E-state index contributed by atoms with van der Waals surface area (Å²) in [4.78, 5) is 24.9. The molecule has 4 fully saturated rings. The molecule has 1 saturated heterocycles. The number of nitrogens with zero attached hydrogens (tertiary/aromatic N) is 1. The molecule has 104 valence electrons. The fourth-order valence-corrected chi connectivity index (χ4v) is 4.29. The fraction of sp³-hybridized carbons (Fsp3) is 0.846. The molecule has 0 bridgehead atoms. The number of carbonyl (C=O) groups is 2. The van der Waals surface area contributed by atoms with Crippen LogP contribution in [-0.2, 0) is 4.79 Å². The summed E-state index contributed by atoms with van der Waals surface area (Å²) in [5.74, 6) is 0.802. The molecule has 6 atom stereocenters. The Morgan fingerprint density at radius 1 is 1.26 bits per heavy atom. The largest absolute Gasteiger partial charge is 0.481 e. The van der Waals surface area contributed by atoms with Crippen molar-refractivity contribution in [2.75, 3.05) is 19.7 Å². The van der Waals surface area contributed by atoms with E-state index in [1.54, 1.807) is 0 Å². The number of likely N-dealkylation sites (tertiary alicyclic amines) is 1. The highest BCUT2D eigenvalue weighted by Gasteiger charge is 2.72. The maximum absolute atomic E-state index is 12.1. The quantitative estimate of drug-likeness (QED) is 0.656. The number of fused-ring (bicyclic) bond motifs is 2. The van der Waals surface area contributed by atoms with Crippen LogP contribution in [0, 0.1) is 29.1 Å². The Bertz CT molecular complexity index is 456. The lowest BCUT2D eigenvalue weighted by Gasteiger charge is -2.34. The monoisotopic (exact) mass is 266 g/mol. The molecule has 3 N–H and O–H groups in total. The number of hydrogen-bond acceptors (Lipinski definition) is 3. The van der Waals surface area contributed by atoms with Gasteiger partial charge in [0.1, 0.15) is 0 Å². The molecule has 4 rings (SSSR count). The Balaban J connectivity index is 1.28. The van der Waals surface area contributed by atoms with Gasteiger partial charge in [-0.3, -0.25) is 4.79 Å². The number of aliphatic hydroxyl groups is 1. The molecule has 1 aliphatic heterocycles. The van der Waals surface area contributed by atoms with E-state index >= 15 is 0 Å². The summed E-state index contributed by atoms with van der Waals surface area (Å²) in [6.45, 7) is 1.71. The molecule has 3 saturated carbocycles. The van der Waals surface area contributed by atoms with Crippen molar-refractivity contribution in [1.82, 2.24) is 10.2 Å². The van der Waals surface area contributed by atoms with Gasteiger partial charge in [-0.15, -0.1) is 0 Å². The molecule has 1 unspecified atom stereocenters. The predicted molar refractivity (Wildman–Crippen MR) is 64.2 cm³/mol. The second kappa shape index (κ2) is 3.42. The number of nitrogens with one attached hydrogen (secondary N) is 1. The summed E-state index contributed by atoms with van der Waals surface area (Å²) in [6.07, 6.45) is 1.30. The number of amides is 2. The first-order valence-electron chi connectivity index (χ1n) is 6.96. The molecule has 6 nitrogen and oxygen atoms in total. The van der Waals surface area contributed by atoms with Gasteiger partial charge in [-0.05, 0) is 36.5 Å². The highest BCUT2D eigenvalue weighted by molar-refractivity contribution is 5.82. The molecule has 6 heteroatoms. The molecule has 1 heterocycles. The predicted octanol–water partition coefficient (Wildman–Crippen LogP) is -0.271. The Hall–Kier alpha value is -1.30. The van der Waals surface area contributed by atoms with Crippen LogP contribution >= 0.6 is 0 Å². The van der Waals surface area contributed by atoms with Crippen LogP contribution in [0.25, 0.3) is 0 Å². The van der Waals surface area contributed by atoms with Crippen LogP contribution in [0.5, 0.6) is 0 Å². The zero-order valence-electron chi connectivity index (χ0n) is 10.6. The van der Waals surface area contributed by atoms with Crippen molar-refractivity contribution in [3.8, 4) is 0 Å². The molecule has 0 aromatic rings. The summed E-state index contributed by atoms with van der Waals surface area (Å²) in [6, 6.07) is -0.00561. The molecule has 0 radical (unpaired) electrons. The smallest absolute Gasteiger partial charge is 0.317 e. The summed E-state index contributed by atoms with van der Waals surface area (Å²) in [5.41, 5.74) is -0.507. The first-order chi connectivity index (χ1) is 9.06. The van der Waals surface area contributed by atoms with Crippen LogP contribution in [0.1, 0.15) is 12.8 Å². The molecular formula is C13H18N2O4. The van der Waals surface area contributed by atoms with Gasteiger partial charge in [0.15, 0.2) is 0 Å². The lowest BCUT2D eigenvalue weighted by atomic mass is 9.80. The molecule has 0 spiro atoms. The maximum Gasteiger partial charge on any atom is 0.317 e. The maximum atomic E-state index is 12.1. The van der Waals surface area contributed by atoms with Crippen LogP contribution in [0.4, 0.5) is 4.79 Å². The van der Waals surface area contributed by atoms with E-state index in [9.17, 15) is 9.59 Å². The number of aliphatic hydroxyl groups excluding tert-OH is 1. The Labute approximate surface area is 110 Å². The summed E-state index contributed by atoms with van der Waals surface area (Å²) >= 11 is 0. The Morgan fingerprint density at radius 3 is 2.42 bits per heavy atom. The van der Waals surface area contributed by atoms with E-state index in [1.807, 2.05) is 4.90 Å². The second-order valence-electron chi connectivity index (χ2n) is 6.61. The number of hydrogen-bond donors (Lipinski definition) is 3. The highest BCUT2D eigenvalue weighted by Crippen LogP contribution is 2.67. The minimum Gasteiger partial charge on any atom is -0.481 e. The topological polar surface area (TPSA) is 89.9 Å². The second-order valence-corrected chi connectivity index (χ2v) is 6.61. The molecule has 2 amide bonds. The molecular weight excluding hydrogens is 248 g/mol. The summed E-state index contributed by atoms with van der Waals surface area (Å²) < 4.78 is 0. The number of rotatable bonds is 3. The van der Waals surface area contributed by atoms with Crippen molar-refractivity contribution >= 4 is 12.0 Å². The number of piperidine rings is 1. The van der Waals surface area contributed by atoms with Gasteiger partial charge in [0.05, 0.1) is 5.41 Å². The number of urea groups is 1. The number of carboxylic acids is 1. The van der Waals surface area contributed by atoms with E-state index in [0.717, 1.165) is 13.1 Å². The molecule has 19 heavy (non-hydrogen) atoms. The minimum atomic E-state index is -0.712. The highest BCUT2D eigenvalue weighted by atomic mass is 16.4. The Kier molecular flexibility index (Phi) is 2.07. The minimum absolute atomic E-state index is 0.0502. The zero-order chi connectivity index (χ0) is 13.4. The van der Waals surface area contributed by atoms with Crippen molar-refractivity contribution in [2.45, 2.75) is 18.9 Å². The van der Waals surface area contributed by atoms with Crippen LogP contribution in [-0.4, -0.2) is 52.9 Å². The first kappa shape index (κ1) is 11.5. The third-order valence-corrected chi connectivity index (χ3v) is 5.81. The molecule has 4 aliphatic rings. The molecule has 0 aromatic carbocycles. The zero-order valence-corrected chi connectivity index (χ0v) is 10.6. The fourth-order valence-electron chi connectivity index (χ4n) is 4.29. The van der Waals surface area contributed by atoms with Gasteiger partial charge < -0.3 is 20.4 Å². The average molecular weight is 266 g/mol. The van der Waals surface area contributed by atoms with E-state index in [4.69, 9.17) is 10.2 Å². The normalized spacial score (nSPS) is 48.9. The van der Waals surface area contributed by atoms with Crippen LogP contribution in [0.2, 0.25) is 0 Å². The molecule has 0 aromatic heterocycles. The van der Waals surface area contributed by atoms with Gasteiger partial charge >= 0.3 is 12.0 Å². The van der Waals surface area contributed by atoms with Gasteiger partial charge in [0.2, 0.25) is 0 Å². The number of aliphatic carboxylic acids is 1. The van der Waals surface area contributed by atoms with E-state index in [0.29, 0.717) is 30.6 Å². The van der Waals surface area contributed by atoms with Gasteiger partial charge in [-0.1, -0.05) is 0 Å². The lowest BCUT2D eigenvalue weighted by Crippen LogP contribution is -2.52. The third-order valence-electron chi connectivity index (χ3n) is 5.81. The van der Waals surface area contributed by atoms with E-state index in [2.05, 4.69) is 5.32 Å². The standard InChI is InChI=1S/C13H18N2O4/c16-5-8-6-3-15(4-7(6)8)12(19)14-10-2-13(11(17)18)1-9(10)13/h6-10,16H,1-5H2,(H,14,19)(H,17,18)/t6-,7+,8?,9-,10-,13-/m1/s1. The number of carboxylic acid groups (broad SMARTS) is 1. The van der Waals surface area contributed by atoms with Crippen molar-refractivity contribution in [3.63, 3.8) is 0 Å². The van der Waals surface area contributed by atoms with E-state index < -0.39 is 11.4 Å². The number of carbonyl (C=O) groups excluding carboxylic acids is 1. The SMILES string of the molecule is O=C(N[C@@H]1C[C@]2(C(=O)O)C[C@H]12)N1C[C@@H]2C(CO)[C@@H]2C1. The van der Waals surface area contributed by atoms with Crippen LogP contribution < -0.4 is 5.32 Å².